The summed E-state index contributed by atoms with van der Waals surface area (Å²) >= 11 is 0. The molecule has 4 aliphatic rings. The lowest BCUT2D eigenvalue weighted by atomic mass is 9.85. The van der Waals surface area contributed by atoms with Gasteiger partial charge in [0.25, 0.3) is 17.7 Å². The second kappa shape index (κ2) is 17.1. The first-order valence-corrected chi connectivity index (χ1v) is 23.1. The maximum Gasteiger partial charge on any atom is 0.287 e. The fraction of sp³-hybridized carbons (Fsp3) is 0.632. The zero-order valence-electron chi connectivity index (χ0n) is 32.8. The molecule has 1 aromatic carbocycles. The predicted molar refractivity (Wildman–Crippen MR) is 209 cm³/mol. The molecule has 2 aliphatic heterocycles. The van der Waals surface area contributed by atoms with Crippen molar-refractivity contribution in [1.29, 1.82) is 0 Å². The van der Waals surface area contributed by atoms with Gasteiger partial charge in [-0.25, -0.2) is 31.2 Å². The summed E-state index contributed by atoms with van der Waals surface area (Å²) in [5.74, 6) is -5.89. The molecule has 2 saturated carbocycles. The van der Waals surface area contributed by atoms with Gasteiger partial charge >= 0.3 is 0 Å². The number of Topliss-reactive ketones (excluding diaryl/α,β-unsaturated/α-hetero) is 1. The molecule has 6 rings (SSSR count). The Hall–Kier alpha value is -4.40. The number of sulfone groups is 1. The Balaban J connectivity index is 1.33. The molecule has 1 aromatic heterocycles. The number of carbonyl (C=O) groups is 5. The van der Waals surface area contributed by atoms with Crippen LogP contribution >= 0.6 is 0 Å². The van der Waals surface area contributed by atoms with E-state index >= 15 is 0 Å². The molecule has 0 bridgehead atoms. The van der Waals surface area contributed by atoms with Gasteiger partial charge in [-0.3, -0.25) is 24.0 Å². The Labute approximate surface area is 337 Å². The lowest BCUT2D eigenvalue weighted by Crippen LogP contribution is -2.64. The Morgan fingerprint density at radius 3 is 2.21 bits per heavy atom. The first-order chi connectivity index (χ1) is 27.3. The first-order valence-electron chi connectivity index (χ1n) is 19.8. The molecule has 0 radical (unpaired) electrons. The number of benzene rings is 1. The SMILES string of the molecule is CC(C)(O)c1cnnn1[C@H]1C[C@@H](C(=O)NC2(C(=O)C(N)=O)CCS(=O)(=O)CC2)N(C(=O)/C(CC2CCCCC2)=N/C(=O)c2ccc(S(=O)(=O)NC3CCCC3)cc2)C1. The number of likely N-dealkylation sites (tertiary alicyclic amines) is 1. The van der Waals surface area contributed by atoms with Crippen molar-refractivity contribution in [3.05, 3.63) is 41.7 Å². The number of nitrogens with one attached hydrogen (secondary N) is 2. The maximum absolute atomic E-state index is 14.8. The molecule has 2 aromatic rings. The highest BCUT2D eigenvalue weighted by atomic mass is 32.2. The summed E-state index contributed by atoms with van der Waals surface area (Å²) in [4.78, 5) is 73.9. The summed E-state index contributed by atoms with van der Waals surface area (Å²) in [5, 5.41) is 21.6. The third-order valence-corrected chi connectivity index (χ3v) is 15.1. The smallest absolute Gasteiger partial charge is 0.287 e. The number of nitrogens with two attached hydrogens (primary N) is 1. The monoisotopic (exact) mass is 844 g/mol. The molecule has 2 saturated heterocycles. The van der Waals surface area contributed by atoms with E-state index in [2.05, 4.69) is 25.3 Å². The molecule has 0 unspecified atom stereocenters. The van der Waals surface area contributed by atoms with Gasteiger partial charge in [0.2, 0.25) is 21.7 Å². The zero-order valence-corrected chi connectivity index (χ0v) is 34.4. The minimum Gasteiger partial charge on any atom is -0.384 e. The standard InChI is InChI=1S/C38H52N8O10S2/c1-37(2,52)31-22-40-44-46(31)27-21-30(35(50)42-38(32(47)33(39)48)16-18-57(53,54)19-17-38)45(23-27)36(51)29(20-24-8-4-3-5-9-24)41-34(49)25-12-14-28(15-13-25)58(55,56)43-26-10-6-7-11-26/h12-15,22,24,26-27,30,43,52H,3-11,16-21,23H2,1-2H3,(H2,39,48)(H,42,50)/b41-29+/t27-,30-/m0/s1. The lowest BCUT2D eigenvalue weighted by Gasteiger charge is -2.37. The van der Waals surface area contributed by atoms with E-state index in [9.17, 15) is 45.9 Å². The zero-order chi connectivity index (χ0) is 42.0. The van der Waals surface area contributed by atoms with Gasteiger partial charge in [-0.2, -0.15) is 0 Å². The van der Waals surface area contributed by atoms with E-state index < -0.39 is 96.8 Å². The van der Waals surface area contributed by atoms with Crippen molar-refractivity contribution in [2.45, 2.75) is 131 Å². The van der Waals surface area contributed by atoms with Crippen molar-refractivity contribution in [2.75, 3.05) is 18.1 Å². The quantitative estimate of drug-likeness (QED) is 0.164. The molecule has 58 heavy (non-hydrogen) atoms. The van der Waals surface area contributed by atoms with Crippen molar-refractivity contribution in [2.24, 2.45) is 16.6 Å². The number of aromatic nitrogens is 3. The van der Waals surface area contributed by atoms with E-state index in [0.29, 0.717) is 5.69 Å². The van der Waals surface area contributed by atoms with Crippen LogP contribution in [0.15, 0.2) is 40.4 Å². The fourth-order valence-corrected chi connectivity index (χ4v) is 11.4. The van der Waals surface area contributed by atoms with Gasteiger partial charge in [-0.1, -0.05) is 50.2 Å². The van der Waals surface area contributed by atoms with Crippen molar-refractivity contribution in [3.63, 3.8) is 0 Å². The van der Waals surface area contributed by atoms with Crippen LogP contribution in [0.25, 0.3) is 0 Å². The van der Waals surface area contributed by atoms with Gasteiger partial charge < -0.3 is 21.1 Å². The lowest BCUT2D eigenvalue weighted by molar-refractivity contribution is -0.143. The van der Waals surface area contributed by atoms with E-state index in [1.54, 1.807) is 0 Å². The summed E-state index contributed by atoms with van der Waals surface area (Å²) in [6.07, 6.45) is 8.35. The van der Waals surface area contributed by atoms with Gasteiger partial charge in [0.05, 0.1) is 34.3 Å². The van der Waals surface area contributed by atoms with E-state index in [1.165, 1.54) is 53.9 Å². The predicted octanol–water partition coefficient (Wildman–Crippen LogP) is 1.24. The number of aliphatic imine (C=N–C) groups is 1. The fourth-order valence-electron chi connectivity index (χ4n) is 8.57. The Kier molecular flexibility index (Phi) is 12.7. The van der Waals surface area contributed by atoms with E-state index in [4.69, 9.17) is 5.73 Å². The van der Waals surface area contributed by atoms with Crippen LogP contribution in [-0.4, -0.2) is 113 Å². The highest BCUT2D eigenvalue weighted by Crippen LogP contribution is 2.34. The molecular formula is C38H52N8O10S2. The molecule has 18 nitrogen and oxygen atoms in total. The summed E-state index contributed by atoms with van der Waals surface area (Å²) in [5.41, 5.74) is 2.22. The number of aliphatic hydroxyl groups is 1. The first kappa shape index (κ1) is 43.2. The van der Waals surface area contributed by atoms with Crippen molar-refractivity contribution >= 4 is 55.0 Å². The molecule has 5 N–H and O–H groups in total. The Bertz CT molecular complexity index is 2150. The van der Waals surface area contributed by atoms with Crippen LogP contribution in [0.4, 0.5) is 0 Å². The number of hydrogen-bond donors (Lipinski definition) is 4. The van der Waals surface area contributed by atoms with Crippen LogP contribution < -0.4 is 15.8 Å². The minimum absolute atomic E-state index is 0.00172. The minimum atomic E-state index is -3.83. The molecular weight excluding hydrogens is 793 g/mol. The van der Waals surface area contributed by atoms with Crippen LogP contribution in [0.1, 0.15) is 119 Å². The number of primary amides is 1. The van der Waals surface area contributed by atoms with Crippen molar-refractivity contribution < 1.29 is 45.9 Å². The van der Waals surface area contributed by atoms with E-state index in [-0.39, 0.29) is 47.5 Å². The van der Waals surface area contributed by atoms with Crippen molar-refractivity contribution in [3.8, 4) is 0 Å². The summed E-state index contributed by atoms with van der Waals surface area (Å²) in [7, 11) is -7.40. The molecule has 0 spiro atoms. The summed E-state index contributed by atoms with van der Waals surface area (Å²) < 4.78 is 54.9. The van der Waals surface area contributed by atoms with Crippen LogP contribution in [0.2, 0.25) is 0 Å². The molecule has 20 heteroatoms. The highest BCUT2D eigenvalue weighted by Gasteiger charge is 2.50. The van der Waals surface area contributed by atoms with Gasteiger partial charge in [-0.15, -0.1) is 5.10 Å². The molecule has 316 valence electrons. The van der Waals surface area contributed by atoms with E-state index in [1.807, 2.05) is 0 Å². The average molecular weight is 845 g/mol. The number of ketones is 1. The molecule has 3 heterocycles. The number of carbonyl (C=O) groups excluding carboxylic acids is 5. The summed E-state index contributed by atoms with van der Waals surface area (Å²) in [6.45, 7) is 2.89. The van der Waals surface area contributed by atoms with Crippen molar-refractivity contribution in [1.82, 2.24) is 29.9 Å². The number of rotatable bonds is 13. The number of amides is 4. The van der Waals surface area contributed by atoms with Gasteiger partial charge in [0.1, 0.15) is 22.9 Å². The van der Waals surface area contributed by atoms with Crippen LogP contribution in [-0.2, 0) is 44.6 Å². The second-order valence-electron chi connectivity index (χ2n) is 16.6. The highest BCUT2D eigenvalue weighted by molar-refractivity contribution is 7.91. The molecule has 4 amide bonds. The second-order valence-corrected chi connectivity index (χ2v) is 20.6. The largest absolute Gasteiger partial charge is 0.384 e. The third-order valence-electron chi connectivity index (χ3n) is 11.9. The van der Waals surface area contributed by atoms with Gasteiger partial charge in [0.15, 0.2) is 9.84 Å². The Morgan fingerprint density at radius 2 is 1.60 bits per heavy atom. The third kappa shape index (κ3) is 9.72. The maximum atomic E-state index is 14.8. The van der Waals surface area contributed by atoms with E-state index in [0.717, 1.165) is 57.8 Å². The van der Waals surface area contributed by atoms with Gasteiger partial charge in [-0.05, 0) is 76.1 Å². The van der Waals surface area contributed by atoms with Crippen LogP contribution in [0.3, 0.4) is 0 Å². The summed E-state index contributed by atoms with van der Waals surface area (Å²) in [6, 6.07) is 3.07. The molecule has 2 atom stereocenters. The normalized spacial score (nSPS) is 23.1. The Morgan fingerprint density at radius 1 is 0.983 bits per heavy atom. The average Bonchev–Trinajstić information content (AvgIpc) is 3.97. The number of hydrogen-bond acceptors (Lipinski definition) is 12. The molecule has 2 aliphatic carbocycles. The van der Waals surface area contributed by atoms with Crippen LogP contribution in [0, 0.1) is 5.92 Å². The topological polar surface area (TPSA) is 270 Å². The number of nitrogens with zero attached hydrogens (tertiary/aromatic N) is 5. The number of sulfonamides is 1. The van der Waals surface area contributed by atoms with Gasteiger partial charge in [0, 0.05) is 24.6 Å². The van der Waals surface area contributed by atoms with Crippen LogP contribution in [0.5, 0.6) is 0 Å². The molecule has 4 fully saturated rings.